The van der Waals surface area contributed by atoms with Crippen molar-refractivity contribution in [2.75, 3.05) is 5.32 Å². The van der Waals surface area contributed by atoms with Crippen LogP contribution in [0.4, 0.5) is 11.5 Å². The molecule has 1 atom stereocenters. The highest BCUT2D eigenvalue weighted by Crippen LogP contribution is 2.20. The van der Waals surface area contributed by atoms with Crippen molar-refractivity contribution in [3.05, 3.63) is 46.2 Å². The Morgan fingerprint density at radius 3 is 2.65 bits per heavy atom. The summed E-state index contributed by atoms with van der Waals surface area (Å²) < 4.78 is 10.5. The number of carbonyl (C=O) groups is 1. The van der Waals surface area contributed by atoms with Gasteiger partial charge in [-0.05, 0) is 25.5 Å². The van der Waals surface area contributed by atoms with Crippen LogP contribution in [-0.2, 0) is 4.79 Å². The van der Waals surface area contributed by atoms with Crippen LogP contribution in [0, 0.1) is 17.0 Å². The fourth-order valence-electron chi connectivity index (χ4n) is 1.95. The summed E-state index contributed by atoms with van der Waals surface area (Å²) >= 11 is 0. The Morgan fingerprint density at radius 2 is 2.13 bits per heavy atom. The summed E-state index contributed by atoms with van der Waals surface area (Å²) in [6.07, 6.45) is 0.515. The molecule has 0 spiro atoms. The molecule has 8 heteroatoms. The number of aromatic nitrogens is 1. The van der Waals surface area contributed by atoms with Crippen LogP contribution in [0.2, 0.25) is 0 Å². The second-order valence-corrected chi connectivity index (χ2v) is 4.96. The molecule has 1 aromatic carbocycles. The first-order valence-corrected chi connectivity index (χ1v) is 7.15. The quantitative estimate of drug-likeness (QED) is 0.620. The summed E-state index contributed by atoms with van der Waals surface area (Å²) in [4.78, 5) is 22.4. The molecular formula is C15H17N3O5. The van der Waals surface area contributed by atoms with Crippen molar-refractivity contribution in [1.82, 2.24) is 5.16 Å². The normalized spacial score (nSPS) is 11.7. The van der Waals surface area contributed by atoms with Crippen LogP contribution >= 0.6 is 0 Å². The highest BCUT2D eigenvalue weighted by Gasteiger charge is 2.21. The summed E-state index contributed by atoms with van der Waals surface area (Å²) in [6.45, 7) is 3.65. The predicted molar refractivity (Wildman–Crippen MR) is 82.3 cm³/mol. The van der Waals surface area contributed by atoms with Crippen molar-refractivity contribution in [1.29, 1.82) is 0 Å². The van der Waals surface area contributed by atoms with Crippen molar-refractivity contribution < 1.29 is 19.0 Å². The lowest BCUT2D eigenvalue weighted by molar-refractivity contribution is -0.384. The Balaban J connectivity index is 2.05. The van der Waals surface area contributed by atoms with E-state index in [1.807, 2.05) is 6.92 Å². The van der Waals surface area contributed by atoms with Crippen LogP contribution in [0.15, 0.2) is 34.9 Å². The number of nitrogens with one attached hydrogen (secondary N) is 1. The number of amides is 1. The number of ether oxygens (including phenoxy) is 1. The highest BCUT2D eigenvalue weighted by atomic mass is 16.6. The van der Waals surface area contributed by atoms with Gasteiger partial charge in [0.15, 0.2) is 11.9 Å². The Morgan fingerprint density at radius 1 is 1.43 bits per heavy atom. The first-order chi connectivity index (χ1) is 11.0. The minimum absolute atomic E-state index is 0.0353. The summed E-state index contributed by atoms with van der Waals surface area (Å²) in [5.74, 6) is 0.948. The SMILES string of the molecule is CCC[C@H](Oc1ccc([N+](=O)[O-])cc1)C(=O)Nc1cc(C)on1. The van der Waals surface area contributed by atoms with Crippen LogP contribution in [0.25, 0.3) is 0 Å². The van der Waals surface area contributed by atoms with Gasteiger partial charge in [-0.1, -0.05) is 18.5 Å². The standard InChI is InChI=1S/C15H17N3O5/c1-3-4-13(15(19)16-14-9-10(2)23-17-14)22-12-7-5-11(6-8-12)18(20)21/h5-9,13H,3-4H2,1-2H3,(H,16,17,19)/t13-/m0/s1. The van der Waals surface area contributed by atoms with Gasteiger partial charge in [-0.2, -0.15) is 0 Å². The second kappa shape index (κ2) is 7.39. The maximum absolute atomic E-state index is 12.3. The zero-order valence-electron chi connectivity index (χ0n) is 12.8. The molecule has 0 saturated carbocycles. The number of nitro benzene ring substituents is 1. The second-order valence-electron chi connectivity index (χ2n) is 4.96. The summed E-state index contributed by atoms with van der Waals surface area (Å²) in [5, 5.41) is 17.0. The molecule has 1 N–H and O–H groups in total. The molecule has 0 fully saturated rings. The van der Waals surface area contributed by atoms with Gasteiger partial charge >= 0.3 is 0 Å². The van der Waals surface area contributed by atoms with Crippen molar-refractivity contribution in [3.8, 4) is 5.75 Å². The Labute approximate surface area is 132 Å². The number of rotatable bonds is 7. The third kappa shape index (κ3) is 4.53. The third-order valence-electron chi connectivity index (χ3n) is 3.05. The molecule has 1 amide bonds. The van der Waals surface area contributed by atoms with E-state index in [1.54, 1.807) is 13.0 Å². The van der Waals surface area contributed by atoms with E-state index in [-0.39, 0.29) is 11.6 Å². The maximum Gasteiger partial charge on any atom is 0.269 e. The largest absolute Gasteiger partial charge is 0.481 e. The van der Waals surface area contributed by atoms with Crippen LogP contribution in [0.1, 0.15) is 25.5 Å². The van der Waals surface area contributed by atoms with E-state index in [9.17, 15) is 14.9 Å². The molecule has 0 unspecified atom stereocenters. The van der Waals surface area contributed by atoms with Crippen molar-refractivity contribution in [2.24, 2.45) is 0 Å². The molecule has 2 aromatic rings. The molecule has 8 nitrogen and oxygen atoms in total. The van der Waals surface area contributed by atoms with E-state index in [0.29, 0.717) is 23.7 Å². The summed E-state index contributed by atoms with van der Waals surface area (Å²) in [5.41, 5.74) is -0.0353. The lowest BCUT2D eigenvalue weighted by Crippen LogP contribution is -2.33. The van der Waals surface area contributed by atoms with Crippen molar-refractivity contribution >= 4 is 17.4 Å². The Hall–Kier alpha value is -2.90. The Bertz CT molecular complexity index is 681. The Kier molecular flexibility index (Phi) is 5.29. The van der Waals surface area contributed by atoms with Gasteiger partial charge in [0.2, 0.25) is 0 Å². The first kappa shape index (κ1) is 16.5. The number of benzene rings is 1. The molecule has 0 radical (unpaired) electrons. The van der Waals surface area contributed by atoms with Crippen molar-refractivity contribution in [3.63, 3.8) is 0 Å². The van der Waals surface area contributed by atoms with Gasteiger partial charge in [0.05, 0.1) is 4.92 Å². The first-order valence-electron chi connectivity index (χ1n) is 7.15. The van der Waals surface area contributed by atoms with Gasteiger partial charge < -0.3 is 14.6 Å². The number of aryl methyl sites for hydroxylation is 1. The van der Waals surface area contributed by atoms with E-state index >= 15 is 0 Å². The number of nitrogens with zero attached hydrogens (tertiary/aromatic N) is 2. The monoisotopic (exact) mass is 319 g/mol. The van der Waals surface area contributed by atoms with Gasteiger partial charge in [0.1, 0.15) is 11.5 Å². The van der Waals surface area contributed by atoms with E-state index in [4.69, 9.17) is 9.26 Å². The summed E-state index contributed by atoms with van der Waals surface area (Å²) in [7, 11) is 0. The van der Waals surface area contributed by atoms with Gasteiger partial charge in [-0.3, -0.25) is 14.9 Å². The summed E-state index contributed by atoms with van der Waals surface area (Å²) in [6, 6.07) is 7.20. The highest BCUT2D eigenvalue weighted by molar-refractivity contribution is 5.93. The smallest absolute Gasteiger partial charge is 0.269 e. The van der Waals surface area contributed by atoms with E-state index < -0.39 is 11.0 Å². The lowest BCUT2D eigenvalue weighted by Gasteiger charge is -2.17. The molecule has 122 valence electrons. The van der Waals surface area contributed by atoms with Crippen molar-refractivity contribution in [2.45, 2.75) is 32.8 Å². The zero-order valence-corrected chi connectivity index (χ0v) is 12.8. The molecule has 0 aliphatic heterocycles. The average molecular weight is 319 g/mol. The molecule has 0 aliphatic carbocycles. The van der Waals surface area contributed by atoms with Gasteiger partial charge in [0.25, 0.3) is 11.6 Å². The van der Waals surface area contributed by atoms with Crippen LogP contribution in [0.5, 0.6) is 5.75 Å². The number of hydrogen-bond acceptors (Lipinski definition) is 6. The number of nitro groups is 1. The molecule has 1 heterocycles. The molecule has 23 heavy (non-hydrogen) atoms. The number of carbonyl (C=O) groups excluding carboxylic acids is 1. The lowest BCUT2D eigenvalue weighted by atomic mass is 10.2. The minimum atomic E-state index is -0.724. The molecule has 0 bridgehead atoms. The van der Waals surface area contributed by atoms with Gasteiger partial charge in [0, 0.05) is 18.2 Å². The van der Waals surface area contributed by atoms with Crippen LogP contribution in [-0.4, -0.2) is 22.1 Å². The number of hydrogen-bond donors (Lipinski definition) is 1. The number of non-ortho nitro benzene ring substituents is 1. The number of anilines is 1. The van der Waals surface area contributed by atoms with E-state index in [2.05, 4.69) is 10.5 Å². The minimum Gasteiger partial charge on any atom is -0.481 e. The zero-order chi connectivity index (χ0) is 16.8. The predicted octanol–water partition coefficient (Wildman–Crippen LogP) is 3.08. The molecular weight excluding hydrogens is 302 g/mol. The van der Waals surface area contributed by atoms with E-state index in [1.165, 1.54) is 24.3 Å². The van der Waals surface area contributed by atoms with Gasteiger partial charge in [-0.25, -0.2) is 0 Å². The molecule has 0 saturated heterocycles. The average Bonchev–Trinajstić information content (AvgIpc) is 2.92. The fraction of sp³-hybridized carbons (Fsp3) is 0.333. The maximum atomic E-state index is 12.3. The topological polar surface area (TPSA) is 108 Å². The van der Waals surface area contributed by atoms with Crippen LogP contribution in [0.3, 0.4) is 0 Å². The molecule has 1 aromatic heterocycles. The van der Waals surface area contributed by atoms with Gasteiger partial charge in [-0.15, -0.1) is 0 Å². The molecule has 0 aliphatic rings. The van der Waals surface area contributed by atoms with E-state index in [0.717, 1.165) is 6.42 Å². The fourth-order valence-corrected chi connectivity index (χ4v) is 1.95. The van der Waals surface area contributed by atoms with Crippen LogP contribution < -0.4 is 10.1 Å². The third-order valence-corrected chi connectivity index (χ3v) is 3.05. The molecule has 2 rings (SSSR count).